The van der Waals surface area contributed by atoms with E-state index in [0.29, 0.717) is 0 Å². The van der Waals surface area contributed by atoms with E-state index in [1.807, 2.05) is 13.0 Å². The molecule has 1 unspecified atom stereocenters. The molecular weight excluding hydrogens is 282 g/mol. The second kappa shape index (κ2) is 13.2. The van der Waals surface area contributed by atoms with Gasteiger partial charge in [0.05, 0.1) is 0 Å². The summed E-state index contributed by atoms with van der Waals surface area (Å²) in [5.41, 5.74) is 1.32. The van der Waals surface area contributed by atoms with Crippen molar-refractivity contribution < 1.29 is 4.79 Å². The van der Waals surface area contributed by atoms with E-state index in [1.165, 1.54) is 50.5 Å². The lowest BCUT2D eigenvalue weighted by Gasteiger charge is -2.12. The molecule has 23 heavy (non-hydrogen) atoms. The Bertz CT molecular complexity index is 402. The number of hydrogen-bond donors (Lipinski definition) is 1. The standard InChI is InChI=1S/C21H35NO/c1-3-4-5-6-7-8-9-13-18-22-21(23)19(2)16-17-20-14-11-10-12-15-20/h10-12,14-15,19H,3-9,13,16-18H2,1-2H3,(H,22,23). The van der Waals surface area contributed by atoms with Crippen LogP contribution in [-0.4, -0.2) is 12.5 Å². The maximum atomic E-state index is 12.1. The summed E-state index contributed by atoms with van der Waals surface area (Å²) in [7, 11) is 0. The molecule has 0 aliphatic heterocycles. The number of amides is 1. The van der Waals surface area contributed by atoms with E-state index in [2.05, 4.69) is 36.5 Å². The Morgan fingerprint density at radius 2 is 1.57 bits per heavy atom. The average Bonchev–Trinajstić information content (AvgIpc) is 2.59. The molecule has 0 fully saturated rings. The molecule has 1 amide bonds. The van der Waals surface area contributed by atoms with Gasteiger partial charge in [-0.1, -0.05) is 89.1 Å². The van der Waals surface area contributed by atoms with Crippen LogP contribution in [-0.2, 0) is 11.2 Å². The first-order valence-electron chi connectivity index (χ1n) is 9.55. The first-order chi connectivity index (χ1) is 11.2. The minimum Gasteiger partial charge on any atom is -0.356 e. The first-order valence-corrected chi connectivity index (χ1v) is 9.55. The largest absolute Gasteiger partial charge is 0.356 e. The van der Waals surface area contributed by atoms with Crippen molar-refractivity contribution in [3.05, 3.63) is 35.9 Å². The number of rotatable bonds is 13. The fourth-order valence-corrected chi connectivity index (χ4v) is 2.80. The van der Waals surface area contributed by atoms with Gasteiger partial charge in [-0.05, 0) is 24.8 Å². The lowest BCUT2D eigenvalue weighted by atomic mass is 10.0. The predicted octanol–water partition coefficient (Wildman–Crippen LogP) is 5.51. The van der Waals surface area contributed by atoms with E-state index in [0.717, 1.165) is 25.8 Å². The number of benzene rings is 1. The van der Waals surface area contributed by atoms with Crippen molar-refractivity contribution in [2.24, 2.45) is 5.92 Å². The fourth-order valence-electron chi connectivity index (χ4n) is 2.80. The Morgan fingerprint density at radius 3 is 2.22 bits per heavy atom. The van der Waals surface area contributed by atoms with Crippen LogP contribution < -0.4 is 5.32 Å². The van der Waals surface area contributed by atoms with Gasteiger partial charge in [0.2, 0.25) is 5.91 Å². The van der Waals surface area contributed by atoms with Crippen LogP contribution >= 0.6 is 0 Å². The first kappa shape index (κ1) is 19.7. The molecule has 1 atom stereocenters. The van der Waals surface area contributed by atoms with Gasteiger partial charge in [-0.25, -0.2) is 0 Å². The SMILES string of the molecule is CCCCCCCCCCNC(=O)C(C)CCc1ccccc1. The third kappa shape index (κ3) is 10.1. The predicted molar refractivity (Wildman–Crippen MR) is 99.5 cm³/mol. The normalized spacial score (nSPS) is 12.1. The molecule has 2 nitrogen and oxygen atoms in total. The fraction of sp³-hybridized carbons (Fsp3) is 0.667. The summed E-state index contributed by atoms with van der Waals surface area (Å²) in [5, 5.41) is 3.09. The van der Waals surface area contributed by atoms with Crippen molar-refractivity contribution in [1.82, 2.24) is 5.32 Å². The molecule has 1 rings (SSSR count). The van der Waals surface area contributed by atoms with Gasteiger partial charge in [-0.15, -0.1) is 0 Å². The summed E-state index contributed by atoms with van der Waals surface area (Å²) in [4.78, 5) is 12.1. The molecule has 0 radical (unpaired) electrons. The van der Waals surface area contributed by atoms with Crippen molar-refractivity contribution in [3.63, 3.8) is 0 Å². The van der Waals surface area contributed by atoms with Gasteiger partial charge in [-0.3, -0.25) is 4.79 Å². The van der Waals surface area contributed by atoms with Crippen LogP contribution in [0.4, 0.5) is 0 Å². The summed E-state index contributed by atoms with van der Waals surface area (Å²) < 4.78 is 0. The zero-order chi connectivity index (χ0) is 16.8. The highest BCUT2D eigenvalue weighted by atomic mass is 16.1. The van der Waals surface area contributed by atoms with Crippen molar-refractivity contribution in [3.8, 4) is 0 Å². The molecule has 130 valence electrons. The third-order valence-electron chi connectivity index (χ3n) is 4.49. The van der Waals surface area contributed by atoms with Crippen molar-refractivity contribution >= 4 is 5.91 Å². The second-order valence-electron chi connectivity index (χ2n) is 6.69. The molecule has 1 aromatic rings. The van der Waals surface area contributed by atoms with Gasteiger partial charge < -0.3 is 5.32 Å². The maximum absolute atomic E-state index is 12.1. The lowest BCUT2D eigenvalue weighted by Crippen LogP contribution is -2.30. The number of hydrogen-bond acceptors (Lipinski definition) is 1. The highest BCUT2D eigenvalue weighted by molar-refractivity contribution is 5.78. The zero-order valence-electron chi connectivity index (χ0n) is 15.2. The molecule has 0 heterocycles. The summed E-state index contributed by atoms with van der Waals surface area (Å²) >= 11 is 0. The molecule has 2 heteroatoms. The molecule has 1 aromatic carbocycles. The van der Waals surface area contributed by atoms with Gasteiger partial charge in [-0.2, -0.15) is 0 Å². The summed E-state index contributed by atoms with van der Waals surface area (Å²) in [5.74, 6) is 0.313. The van der Waals surface area contributed by atoms with Crippen molar-refractivity contribution in [1.29, 1.82) is 0 Å². The Kier molecular flexibility index (Phi) is 11.3. The van der Waals surface area contributed by atoms with Gasteiger partial charge in [0.15, 0.2) is 0 Å². The van der Waals surface area contributed by atoms with E-state index in [-0.39, 0.29) is 11.8 Å². The van der Waals surface area contributed by atoms with Crippen LogP contribution in [0.15, 0.2) is 30.3 Å². The van der Waals surface area contributed by atoms with Crippen LogP contribution in [0.25, 0.3) is 0 Å². The molecule has 0 saturated heterocycles. The third-order valence-corrected chi connectivity index (χ3v) is 4.49. The Labute approximate surface area is 143 Å². The van der Waals surface area contributed by atoms with E-state index >= 15 is 0 Å². The van der Waals surface area contributed by atoms with E-state index in [1.54, 1.807) is 0 Å². The van der Waals surface area contributed by atoms with Crippen molar-refractivity contribution in [2.75, 3.05) is 6.54 Å². The minimum atomic E-state index is 0.101. The second-order valence-corrected chi connectivity index (χ2v) is 6.69. The van der Waals surface area contributed by atoms with Gasteiger partial charge in [0, 0.05) is 12.5 Å². The van der Waals surface area contributed by atoms with Crippen LogP contribution in [0.3, 0.4) is 0 Å². The van der Waals surface area contributed by atoms with Crippen LogP contribution in [0.2, 0.25) is 0 Å². The van der Waals surface area contributed by atoms with Gasteiger partial charge >= 0.3 is 0 Å². The quantitative estimate of drug-likeness (QED) is 0.477. The number of unbranched alkanes of at least 4 members (excludes halogenated alkanes) is 7. The smallest absolute Gasteiger partial charge is 0.222 e. The Morgan fingerprint density at radius 1 is 0.957 bits per heavy atom. The topological polar surface area (TPSA) is 29.1 Å². The van der Waals surface area contributed by atoms with Crippen molar-refractivity contribution in [2.45, 2.75) is 78.1 Å². The zero-order valence-corrected chi connectivity index (χ0v) is 15.2. The number of nitrogens with one attached hydrogen (secondary N) is 1. The summed E-state index contributed by atoms with van der Waals surface area (Å²) in [6, 6.07) is 10.4. The number of carbonyl (C=O) groups excluding carboxylic acids is 1. The van der Waals surface area contributed by atoms with Crippen LogP contribution in [0, 0.1) is 5.92 Å². The van der Waals surface area contributed by atoms with E-state index < -0.39 is 0 Å². The maximum Gasteiger partial charge on any atom is 0.222 e. The molecule has 1 N–H and O–H groups in total. The number of aryl methyl sites for hydroxylation is 1. The Hall–Kier alpha value is -1.31. The highest BCUT2D eigenvalue weighted by Crippen LogP contribution is 2.10. The molecule has 0 bridgehead atoms. The molecule has 0 aliphatic carbocycles. The molecular formula is C21H35NO. The average molecular weight is 318 g/mol. The van der Waals surface area contributed by atoms with Gasteiger partial charge in [0.1, 0.15) is 0 Å². The van der Waals surface area contributed by atoms with E-state index in [9.17, 15) is 4.79 Å². The minimum absolute atomic E-state index is 0.101. The number of carbonyl (C=O) groups is 1. The summed E-state index contributed by atoms with van der Waals surface area (Å²) in [6.07, 6.45) is 12.4. The molecule has 0 spiro atoms. The molecule has 0 aliphatic rings. The van der Waals surface area contributed by atoms with Crippen LogP contribution in [0.5, 0.6) is 0 Å². The lowest BCUT2D eigenvalue weighted by molar-refractivity contribution is -0.124. The highest BCUT2D eigenvalue weighted by Gasteiger charge is 2.11. The van der Waals surface area contributed by atoms with E-state index in [4.69, 9.17) is 0 Å². The Balaban J connectivity index is 1.98. The monoisotopic (exact) mass is 317 g/mol. The summed E-state index contributed by atoms with van der Waals surface area (Å²) in [6.45, 7) is 5.12. The van der Waals surface area contributed by atoms with Gasteiger partial charge in [0.25, 0.3) is 0 Å². The molecule has 0 aromatic heterocycles. The molecule has 0 saturated carbocycles. The van der Waals surface area contributed by atoms with Crippen LogP contribution in [0.1, 0.15) is 77.2 Å².